The molecule has 4 heteroatoms. The van der Waals surface area contributed by atoms with Gasteiger partial charge >= 0.3 is 5.97 Å². The van der Waals surface area contributed by atoms with Crippen molar-refractivity contribution in [1.29, 1.82) is 0 Å². The molecule has 0 bridgehead atoms. The van der Waals surface area contributed by atoms with Crippen LogP contribution in [0.2, 0.25) is 0 Å². The monoisotopic (exact) mass is 316 g/mol. The first-order valence-electron chi connectivity index (χ1n) is 7.82. The second-order valence-corrected chi connectivity index (χ2v) is 6.02. The molecular formula is C20H16N2O2. The summed E-state index contributed by atoms with van der Waals surface area (Å²) in [5, 5.41) is 13.8. The molecule has 0 radical (unpaired) electrons. The number of aromatic amines is 1. The highest BCUT2D eigenvalue weighted by Crippen LogP contribution is 2.28. The smallest absolute Gasteiger partial charge is 0.371 e. The average Bonchev–Trinajstić information content (AvgIpc) is 3.09. The van der Waals surface area contributed by atoms with Crippen LogP contribution in [0.15, 0.2) is 60.8 Å². The first kappa shape index (κ1) is 14.5. The van der Waals surface area contributed by atoms with Crippen LogP contribution in [0.5, 0.6) is 0 Å². The summed E-state index contributed by atoms with van der Waals surface area (Å²) >= 11 is 0. The number of nitrogens with one attached hydrogen (secondary N) is 1. The molecule has 0 spiro atoms. The Balaban J connectivity index is 1.78. The van der Waals surface area contributed by atoms with E-state index in [4.69, 9.17) is 5.11 Å². The summed E-state index contributed by atoms with van der Waals surface area (Å²) in [6.07, 6.45) is 1.60. The number of imidazole rings is 1. The number of H-pyrrole nitrogens is 1. The van der Waals surface area contributed by atoms with Crippen LogP contribution >= 0.6 is 0 Å². The van der Waals surface area contributed by atoms with E-state index in [0.717, 1.165) is 11.3 Å². The first-order chi connectivity index (χ1) is 11.6. The first-order valence-corrected chi connectivity index (χ1v) is 7.82. The van der Waals surface area contributed by atoms with Gasteiger partial charge in [0.25, 0.3) is 0 Å². The van der Waals surface area contributed by atoms with E-state index in [1.165, 1.54) is 21.5 Å². The van der Waals surface area contributed by atoms with E-state index in [9.17, 15) is 4.79 Å². The third kappa shape index (κ3) is 2.42. The van der Waals surface area contributed by atoms with Crippen LogP contribution in [-0.4, -0.2) is 21.0 Å². The molecule has 0 saturated heterocycles. The normalized spacial score (nSPS) is 12.5. The summed E-state index contributed by atoms with van der Waals surface area (Å²) in [5.41, 5.74) is 1.92. The fraction of sp³-hybridized carbons (Fsp3) is 0.100. The number of carbonyl (C=O) groups is 1. The Labute approximate surface area is 138 Å². The van der Waals surface area contributed by atoms with Crippen molar-refractivity contribution >= 4 is 27.5 Å². The molecule has 4 nitrogen and oxygen atoms in total. The number of fused-ring (bicyclic) bond motifs is 2. The van der Waals surface area contributed by atoms with Crippen molar-refractivity contribution in [3.8, 4) is 0 Å². The lowest BCUT2D eigenvalue weighted by molar-refractivity contribution is 0.0684. The van der Waals surface area contributed by atoms with Gasteiger partial charge in [-0.3, -0.25) is 0 Å². The molecule has 4 rings (SSSR count). The number of nitrogens with zero attached hydrogens (tertiary/aromatic N) is 1. The molecule has 1 aromatic heterocycles. The number of carboxylic acids is 1. The highest BCUT2D eigenvalue weighted by atomic mass is 16.4. The molecule has 1 unspecified atom stereocenters. The molecule has 0 saturated carbocycles. The fourth-order valence-corrected chi connectivity index (χ4v) is 3.07. The summed E-state index contributed by atoms with van der Waals surface area (Å²) in [7, 11) is 0. The Kier molecular flexibility index (Phi) is 3.31. The van der Waals surface area contributed by atoms with Crippen LogP contribution in [0.4, 0.5) is 0 Å². The van der Waals surface area contributed by atoms with Crippen LogP contribution < -0.4 is 0 Å². The van der Waals surface area contributed by atoms with Crippen LogP contribution in [-0.2, 0) is 0 Å². The van der Waals surface area contributed by atoms with Crippen molar-refractivity contribution in [3.63, 3.8) is 0 Å². The third-order valence-electron chi connectivity index (χ3n) is 4.49. The molecule has 1 atom stereocenters. The molecule has 0 fully saturated rings. The molecule has 118 valence electrons. The van der Waals surface area contributed by atoms with Gasteiger partial charge < -0.3 is 10.1 Å². The second kappa shape index (κ2) is 5.49. The number of aromatic carboxylic acids is 1. The van der Waals surface area contributed by atoms with E-state index >= 15 is 0 Å². The maximum Gasteiger partial charge on any atom is 0.371 e. The lowest BCUT2D eigenvalue weighted by Crippen LogP contribution is -2.01. The predicted octanol–water partition coefficient (Wildman–Crippen LogP) is 4.57. The van der Waals surface area contributed by atoms with Gasteiger partial charge in [-0.05, 0) is 39.2 Å². The number of aromatic nitrogens is 2. The van der Waals surface area contributed by atoms with Gasteiger partial charge in [-0.2, -0.15) is 0 Å². The molecule has 0 aliphatic carbocycles. The van der Waals surface area contributed by atoms with Gasteiger partial charge in [-0.15, -0.1) is 0 Å². The summed E-state index contributed by atoms with van der Waals surface area (Å²) in [5.74, 6) is -1.02. The quantitative estimate of drug-likeness (QED) is 0.544. The highest BCUT2D eigenvalue weighted by molar-refractivity contribution is 5.98. The van der Waals surface area contributed by atoms with Gasteiger partial charge in [0.1, 0.15) is 0 Å². The fourth-order valence-electron chi connectivity index (χ4n) is 3.07. The molecule has 0 amide bonds. The Morgan fingerprint density at radius 2 is 1.67 bits per heavy atom. The van der Waals surface area contributed by atoms with Crippen molar-refractivity contribution in [2.24, 2.45) is 0 Å². The van der Waals surface area contributed by atoms with E-state index in [1.807, 2.05) is 19.1 Å². The van der Waals surface area contributed by atoms with Gasteiger partial charge in [0.2, 0.25) is 5.82 Å². The van der Waals surface area contributed by atoms with E-state index in [0.29, 0.717) is 0 Å². The minimum Gasteiger partial charge on any atom is -0.475 e. The lowest BCUT2D eigenvalue weighted by atomic mass is 9.94. The van der Waals surface area contributed by atoms with Gasteiger partial charge in [-0.25, -0.2) is 9.78 Å². The predicted molar refractivity (Wildman–Crippen MR) is 94.5 cm³/mol. The van der Waals surface area contributed by atoms with E-state index in [2.05, 4.69) is 52.4 Å². The van der Waals surface area contributed by atoms with E-state index in [-0.39, 0.29) is 11.7 Å². The molecular weight excluding hydrogens is 300 g/mol. The topological polar surface area (TPSA) is 66.0 Å². The molecule has 4 aromatic rings. The van der Waals surface area contributed by atoms with Crippen molar-refractivity contribution in [2.45, 2.75) is 12.8 Å². The zero-order valence-electron chi connectivity index (χ0n) is 13.2. The Hall–Kier alpha value is -3.14. The van der Waals surface area contributed by atoms with Gasteiger partial charge in [0.15, 0.2) is 0 Å². The number of rotatable bonds is 3. The van der Waals surface area contributed by atoms with Crippen LogP contribution in [0.1, 0.15) is 34.7 Å². The number of hydrogen-bond donors (Lipinski definition) is 2. The standard InChI is InChI=1S/C20H16N2O2/c1-12(18-11-21-19(22-18)20(23)24)13-6-7-16-9-14-4-2-3-5-15(14)10-17(16)8-13/h2-12H,1H3,(H,21,22)(H,23,24). The average molecular weight is 316 g/mol. The summed E-state index contributed by atoms with van der Waals surface area (Å²) in [4.78, 5) is 17.8. The van der Waals surface area contributed by atoms with Crippen LogP contribution in [0.3, 0.4) is 0 Å². The maximum atomic E-state index is 11.0. The number of benzene rings is 3. The lowest BCUT2D eigenvalue weighted by Gasteiger charge is -2.11. The van der Waals surface area contributed by atoms with Crippen LogP contribution in [0.25, 0.3) is 21.5 Å². The Morgan fingerprint density at radius 3 is 2.33 bits per heavy atom. The van der Waals surface area contributed by atoms with Crippen molar-refractivity contribution in [3.05, 3.63) is 77.9 Å². The highest BCUT2D eigenvalue weighted by Gasteiger charge is 2.15. The molecule has 1 heterocycles. The summed E-state index contributed by atoms with van der Waals surface area (Å²) < 4.78 is 0. The molecule has 0 aliphatic rings. The minimum atomic E-state index is -1.04. The van der Waals surface area contributed by atoms with Gasteiger partial charge in [-0.1, -0.05) is 49.4 Å². The van der Waals surface area contributed by atoms with Crippen molar-refractivity contribution in [2.75, 3.05) is 0 Å². The summed E-state index contributed by atoms with van der Waals surface area (Å²) in [6.45, 7) is 2.04. The largest absolute Gasteiger partial charge is 0.475 e. The number of hydrogen-bond acceptors (Lipinski definition) is 2. The summed E-state index contributed by atoms with van der Waals surface area (Å²) in [6, 6.07) is 19.1. The van der Waals surface area contributed by atoms with Crippen molar-refractivity contribution < 1.29 is 9.90 Å². The van der Waals surface area contributed by atoms with Gasteiger partial charge in [0, 0.05) is 17.8 Å². The Bertz CT molecular complexity index is 1070. The molecule has 2 N–H and O–H groups in total. The molecule has 24 heavy (non-hydrogen) atoms. The Morgan fingerprint density at radius 1 is 1.00 bits per heavy atom. The second-order valence-electron chi connectivity index (χ2n) is 6.02. The van der Waals surface area contributed by atoms with Crippen molar-refractivity contribution in [1.82, 2.24) is 9.97 Å². The third-order valence-corrected chi connectivity index (χ3v) is 4.49. The SMILES string of the molecule is CC(c1ccc2cc3ccccc3cc2c1)c1cnc(C(=O)O)[nH]1. The molecule has 0 aliphatic heterocycles. The maximum absolute atomic E-state index is 11.0. The zero-order chi connectivity index (χ0) is 16.7. The van der Waals surface area contributed by atoms with Crippen LogP contribution in [0, 0.1) is 0 Å². The zero-order valence-corrected chi connectivity index (χ0v) is 13.2. The van der Waals surface area contributed by atoms with E-state index < -0.39 is 5.97 Å². The minimum absolute atomic E-state index is 0.0244. The molecule has 3 aromatic carbocycles. The number of carboxylic acid groups (broad SMARTS) is 1. The van der Waals surface area contributed by atoms with Gasteiger partial charge in [0.05, 0.1) is 0 Å². The van der Waals surface area contributed by atoms with E-state index in [1.54, 1.807) is 6.20 Å².